The second-order valence-corrected chi connectivity index (χ2v) is 2.64. The van der Waals surface area contributed by atoms with E-state index in [1.165, 1.54) is 12.1 Å². The van der Waals surface area contributed by atoms with Crippen LogP contribution in [-0.4, -0.2) is 11.7 Å². The molecule has 1 aromatic carbocycles. The standard InChI is InChI=1S/C9H12FNO/c10-9(5-6-11)7-1-3-8(12)4-2-7/h1-4,9,12H,5-6,11H2. The highest BCUT2D eigenvalue weighted by Crippen LogP contribution is 2.22. The van der Waals surface area contributed by atoms with Crippen molar-refractivity contribution in [3.63, 3.8) is 0 Å². The predicted octanol–water partition coefficient (Wildman–Crippen LogP) is 1.75. The minimum absolute atomic E-state index is 0.152. The van der Waals surface area contributed by atoms with Crippen LogP contribution in [0.4, 0.5) is 4.39 Å². The fraction of sp³-hybridized carbons (Fsp3) is 0.333. The molecule has 1 unspecified atom stereocenters. The van der Waals surface area contributed by atoms with Gasteiger partial charge in [-0.15, -0.1) is 0 Å². The minimum atomic E-state index is -1.02. The van der Waals surface area contributed by atoms with Gasteiger partial charge < -0.3 is 10.8 Å². The van der Waals surface area contributed by atoms with Crippen LogP contribution >= 0.6 is 0 Å². The second kappa shape index (κ2) is 4.07. The van der Waals surface area contributed by atoms with E-state index in [0.717, 1.165) is 0 Å². The summed E-state index contributed by atoms with van der Waals surface area (Å²) in [6, 6.07) is 6.07. The van der Waals surface area contributed by atoms with E-state index >= 15 is 0 Å². The molecule has 0 aromatic heterocycles. The summed E-state index contributed by atoms with van der Waals surface area (Å²) in [4.78, 5) is 0. The smallest absolute Gasteiger partial charge is 0.126 e. The lowest BCUT2D eigenvalue weighted by Crippen LogP contribution is -2.03. The van der Waals surface area contributed by atoms with Crippen LogP contribution in [0.15, 0.2) is 24.3 Å². The summed E-state index contributed by atoms with van der Waals surface area (Å²) in [5, 5.41) is 8.92. The van der Waals surface area contributed by atoms with E-state index in [1.54, 1.807) is 12.1 Å². The summed E-state index contributed by atoms with van der Waals surface area (Å²) in [7, 11) is 0. The molecule has 0 fully saturated rings. The first-order chi connectivity index (χ1) is 5.74. The number of aromatic hydroxyl groups is 1. The molecule has 0 amide bonds. The molecule has 0 radical (unpaired) electrons. The van der Waals surface area contributed by atoms with Gasteiger partial charge in [-0.25, -0.2) is 4.39 Å². The summed E-state index contributed by atoms with van der Waals surface area (Å²) >= 11 is 0. The van der Waals surface area contributed by atoms with Crippen molar-refractivity contribution < 1.29 is 9.50 Å². The lowest BCUT2D eigenvalue weighted by atomic mass is 10.1. The van der Waals surface area contributed by atoms with Crippen LogP contribution in [0.2, 0.25) is 0 Å². The Morgan fingerprint density at radius 3 is 2.42 bits per heavy atom. The number of hydrogen-bond donors (Lipinski definition) is 2. The Hall–Kier alpha value is -1.09. The predicted molar refractivity (Wildman–Crippen MR) is 45.6 cm³/mol. The van der Waals surface area contributed by atoms with Crippen LogP contribution in [0.25, 0.3) is 0 Å². The van der Waals surface area contributed by atoms with E-state index in [9.17, 15) is 4.39 Å². The van der Waals surface area contributed by atoms with Crippen molar-refractivity contribution in [2.45, 2.75) is 12.6 Å². The van der Waals surface area contributed by atoms with Crippen molar-refractivity contribution in [3.8, 4) is 5.75 Å². The highest BCUT2D eigenvalue weighted by atomic mass is 19.1. The Balaban J connectivity index is 2.68. The van der Waals surface area contributed by atoms with E-state index in [4.69, 9.17) is 10.8 Å². The number of halogens is 1. The molecule has 3 N–H and O–H groups in total. The number of phenolic OH excluding ortho intramolecular Hbond substituents is 1. The van der Waals surface area contributed by atoms with Crippen molar-refractivity contribution in [3.05, 3.63) is 29.8 Å². The maximum Gasteiger partial charge on any atom is 0.126 e. The Bertz CT molecular complexity index is 235. The van der Waals surface area contributed by atoms with Crippen molar-refractivity contribution in [1.29, 1.82) is 0 Å². The van der Waals surface area contributed by atoms with Gasteiger partial charge in [-0.1, -0.05) is 12.1 Å². The average Bonchev–Trinajstić information content (AvgIpc) is 2.06. The zero-order valence-corrected chi connectivity index (χ0v) is 6.70. The number of alkyl halides is 1. The summed E-state index contributed by atoms with van der Waals surface area (Å²) in [5.74, 6) is 0.152. The summed E-state index contributed by atoms with van der Waals surface area (Å²) in [6.45, 7) is 0.335. The zero-order valence-electron chi connectivity index (χ0n) is 6.70. The molecule has 1 rings (SSSR count). The molecule has 1 aromatic rings. The van der Waals surface area contributed by atoms with Gasteiger partial charge in [0.1, 0.15) is 11.9 Å². The maximum atomic E-state index is 13.1. The van der Waals surface area contributed by atoms with Gasteiger partial charge in [0, 0.05) is 0 Å². The molecule has 0 aliphatic heterocycles. The van der Waals surface area contributed by atoms with Gasteiger partial charge in [0.05, 0.1) is 0 Å². The van der Waals surface area contributed by atoms with Crippen LogP contribution in [0.3, 0.4) is 0 Å². The van der Waals surface area contributed by atoms with Gasteiger partial charge in [0.25, 0.3) is 0 Å². The van der Waals surface area contributed by atoms with Crippen molar-refractivity contribution in [2.75, 3.05) is 6.54 Å². The fourth-order valence-electron chi connectivity index (χ4n) is 0.996. The molecule has 12 heavy (non-hydrogen) atoms. The third kappa shape index (κ3) is 2.20. The van der Waals surface area contributed by atoms with E-state index < -0.39 is 6.17 Å². The molecule has 0 spiro atoms. The summed E-state index contributed by atoms with van der Waals surface area (Å²) in [6.07, 6.45) is -0.694. The first-order valence-electron chi connectivity index (χ1n) is 3.87. The molecule has 2 nitrogen and oxygen atoms in total. The van der Waals surface area contributed by atoms with Gasteiger partial charge >= 0.3 is 0 Å². The second-order valence-electron chi connectivity index (χ2n) is 2.64. The molecule has 0 bridgehead atoms. The molecule has 0 saturated carbocycles. The SMILES string of the molecule is NCCC(F)c1ccc(O)cc1. The third-order valence-electron chi connectivity index (χ3n) is 1.67. The van der Waals surface area contributed by atoms with Crippen LogP contribution in [0.5, 0.6) is 5.75 Å². The fourth-order valence-corrected chi connectivity index (χ4v) is 0.996. The van der Waals surface area contributed by atoms with Gasteiger partial charge in [0.15, 0.2) is 0 Å². The molecule has 0 saturated heterocycles. The van der Waals surface area contributed by atoms with E-state index in [0.29, 0.717) is 18.5 Å². The average molecular weight is 169 g/mol. The van der Waals surface area contributed by atoms with Crippen LogP contribution in [0, 0.1) is 0 Å². The lowest BCUT2D eigenvalue weighted by Gasteiger charge is -2.05. The van der Waals surface area contributed by atoms with Gasteiger partial charge in [0.2, 0.25) is 0 Å². The molecule has 0 aliphatic rings. The maximum absolute atomic E-state index is 13.1. The molecule has 0 aliphatic carbocycles. The highest BCUT2D eigenvalue weighted by molar-refractivity contribution is 5.27. The number of hydrogen-bond acceptors (Lipinski definition) is 2. The lowest BCUT2D eigenvalue weighted by molar-refractivity contribution is 0.327. The molecule has 0 heterocycles. The first kappa shape index (κ1) is 9.00. The summed E-state index contributed by atoms with van der Waals surface area (Å²) < 4.78 is 13.1. The van der Waals surface area contributed by atoms with Gasteiger partial charge in [-0.3, -0.25) is 0 Å². The quantitative estimate of drug-likeness (QED) is 0.724. The van der Waals surface area contributed by atoms with Crippen molar-refractivity contribution >= 4 is 0 Å². The first-order valence-corrected chi connectivity index (χ1v) is 3.87. The van der Waals surface area contributed by atoms with E-state index in [2.05, 4.69) is 0 Å². The highest BCUT2D eigenvalue weighted by Gasteiger charge is 2.07. The molecular weight excluding hydrogens is 157 g/mol. The normalized spacial score (nSPS) is 12.8. The van der Waals surface area contributed by atoms with E-state index in [1.807, 2.05) is 0 Å². The van der Waals surface area contributed by atoms with Crippen molar-refractivity contribution in [2.24, 2.45) is 5.73 Å². The Morgan fingerprint density at radius 1 is 1.33 bits per heavy atom. The van der Waals surface area contributed by atoms with Crippen molar-refractivity contribution in [1.82, 2.24) is 0 Å². The van der Waals surface area contributed by atoms with Crippen LogP contribution in [-0.2, 0) is 0 Å². The molecular formula is C9H12FNO. The zero-order chi connectivity index (χ0) is 8.97. The molecule has 66 valence electrons. The number of rotatable bonds is 3. The largest absolute Gasteiger partial charge is 0.508 e. The Labute approximate surface area is 70.8 Å². The number of nitrogens with two attached hydrogens (primary N) is 1. The monoisotopic (exact) mass is 169 g/mol. The molecule has 1 atom stereocenters. The Kier molecular flexibility index (Phi) is 3.05. The van der Waals surface area contributed by atoms with Crippen LogP contribution < -0.4 is 5.73 Å². The third-order valence-corrected chi connectivity index (χ3v) is 1.67. The number of phenols is 1. The van der Waals surface area contributed by atoms with E-state index in [-0.39, 0.29) is 5.75 Å². The summed E-state index contributed by atoms with van der Waals surface area (Å²) in [5.41, 5.74) is 5.78. The minimum Gasteiger partial charge on any atom is -0.508 e. The van der Waals surface area contributed by atoms with Gasteiger partial charge in [-0.05, 0) is 30.7 Å². The molecule has 3 heteroatoms. The topological polar surface area (TPSA) is 46.2 Å². The van der Waals surface area contributed by atoms with Gasteiger partial charge in [-0.2, -0.15) is 0 Å². The number of benzene rings is 1. The van der Waals surface area contributed by atoms with Crippen LogP contribution in [0.1, 0.15) is 18.2 Å². The Morgan fingerprint density at radius 2 is 1.92 bits per heavy atom.